The minimum Gasteiger partial charge on any atom is -0.316 e. The summed E-state index contributed by atoms with van der Waals surface area (Å²) in [4.78, 5) is 0. The lowest BCUT2D eigenvalue weighted by Gasteiger charge is -2.33. The van der Waals surface area contributed by atoms with Crippen molar-refractivity contribution >= 4 is 15.9 Å². The molecular formula is C17H17BrFN. The molecule has 0 bridgehead atoms. The Kier molecular flexibility index (Phi) is 4.18. The summed E-state index contributed by atoms with van der Waals surface area (Å²) in [5.74, 6) is 0.584. The first kappa shape index (κ1) is 13.8. The van der Waals surface area contributed by atoms with Crippen molar-refractivity contribution in [2.75, 3.05) is 13.1 Å². The molecular weight excluding hydrogens is 317 g/mol. The molecule has 0 aromatic heterocycles. The van der Waals surface area contributed by atoms with Crippen LogP contribution in [-0.4, -0.2) is 13.1 Å². The molecule has 2 unspecified atom stereocenters. The summed E-state index contributed by atoms with van der Waals surface area (Å²) < 4.78 is 14.6. The van der Waals surface area contributed by atoms with Gasteiger partial charge in [0.25, 0.3) is 0 Å². The van der Waals surface area contributed by atoms with Crippen LogP contribution in [0.25, 0.3) is 0 Å². The van der Waals surface area contributed by atoms with Gasteiger partial charge in [0.05, 0.1) is 0 Å². The molecule has 0 radical (unpaired) electrons. The lowest BCUT2D eigenvalue weighted by Crippen LogP contribution is -2.34. The molecule has 3 heteroatoms. The second kappa shape index (κ2) is 6.06. The zero-order valence-corrected chi connectivity index (χ0v) is 12.7. The molecule has 1 nitrogen and oxygen atoms in total. The summed E-state index contributed by atoms with van der Waals surface area (Å²) in [6.07, 6.45) is 1.03. The fourth-order valence-corrected chi connectivity index (χ4v) is 3.62. The van der Waals surface area contributed by atoms with Crippen LogP contribution in [0.1, 0.15) is 29.4 Å². The zero-order valence-electron chi connectivity index (χ0n) is 11.2. The van der Waals surface area contributed by atoms with E-state index in [2.05, 4.69) is 45.5 Å². The van der Waals surface area contributed by atoms with Gasteiger partial charge < -0.3 is 5.32 Å². The molecule has 3 rings (SSSR count). The van der Waals surface area contributed by atoms with Gasteiger partial charge in [-0.3, -0.25) is 0 Å². The monoisotopic (exact) mass is 333 g/mol. The Labute approximate surface area is 127 Å². The highest BCUT2D eigenvalue weighted by Gasteiger charge is 2.29. The summed E-state index contributed by atoms with van der Waals surface area (Å²) >= 11 is 3.58. The second-order valence-electron chi connectivity index (χ2n) is 5.28. The fraction of sp³-hybridized carbons (Fsp3) is 0.294. The lowest BCUT2D eigenvalue weighted by atomic mass is 9.77. The fourth-order valence-electron chi connectivity index (χ4n) is 3.08. The van der Waals surface area contributed by atoms with E-state index in [1.54, 1.807) is 6.07 Å². The minimum absolute atomic E-state index is 0.159. The average molecular weight is 334 g/mol. The average Bonchev–Trinajstić information content (AvgIpc) is 2.51. The number of hydrogen-bond acceptors (Lipinski definition) is 1. The Balaban J connectivity index is 1.99. The number of halogens is 2. The maximum absolute atomic E-state index is 13.6. The summed E-state index contributed by atoms with van der Waals surface area (Å²) in [5, 5.41) is 3.46. The normalized spacial score (nSPS) is 22.7. The Hall–Kier alpha value is -1.19. The molecule has 104 valence electrons. The van der Waals surface area contributed by atoms with Gasteiger partial charge in [0.1, 0.15) is 5.82 Å². The second-order valence-corrected chi connectivity index (χ2v) is 6.14. The van der Waals surface area contributed by atoms with Crippen LogP contribution >= 0.6 is 15.9 Å². The third kappa shape index (κ3) is 2.79. The standard InChI is InChI=1S/C17H17BrFN/c18-17-7-6-13(19)10-15(17)14-8-9-20-11-16(14)12-4-2-1-3-5-12/h1-7,10,14,16,20H,8-9,11H2. The van der Waals surface area contributed by atoms with E-state index in [4.69, 9.17) is 0 Å². The lowest BCUT2D eigenvalue weighted by molar-refractivity contribution is 0.402. The first-order valence-corrected chi connectivity index (χ1v) is 7.75. The van der Waals surface area contributed by atoms with E-state index in [1.807, 2.05) is 12.1 Å². The number of hydrogen-bond donors (Lipinski definition) is 1. The molecule has 0 aliphatic carbocycles. The smallest absolute Gasteiger partial charge is 0.123 e. The SMILES string of the molecule is Fc1ccc(Br)c(C2CCNCC2c2ccccc2)c1. The topological polar surface area (TPSA) is 12.0 Å². The Bertz CT molecular complexity index is 585. The molecule has 1 heterocycles. The van der Waals surface area contributed by atoms with Crippen molar-refractivity contribution in [3.63, 3.8) is 0 Å². The largest absolute Gasteiger partial charge is 0.316 e. The van der Waals surface area contributed by atoms with Crippen LogP contribution in [0.3, 0.4) is 0 Å². The van der Waals surface area contributed by atoms with Crippen molar-refractivity contribution in [2.45, 2.75) is 18.3 Å². The summed E-state index contributed by atoms with van der Waals surface area (Å²) in [5.41, 5.74) is 2.40. The Morgan fingerprint density at radius 3 is 2.65 bits per heavy atom. The van der Waals surface area contributed by atoms with Gasteiger partial charge in [0.2, 0.25) is 0 Å². The van der Waals surface area contributed by atoms with E-state index >= 15 is 0 Å². The van der Waals surface area contributed by atoms with Crippen LogP contribution < -0.4 is 5.32 Å². The van der Waals surface area contributed by atoms with E-state index in [-0.39, 0.29) is 5.82 Å². The first-order chi connectivity index (χ1) is 9.75. The number of piperidine rings is 1. The van der Waals surface area contributed by atoms with Gasteiger partial charge >= 0.3 is 0 Å². The molecule has 0 spiro atoms. The van der Waals surface area contributed by atoms with Crippen molar-refractivity contribution in [3.05, 3.63) is 69.9 Å². The van der Waals surface area contributed by atoms with E-state index in [9.17, 15) is 4.39 Å². The van der Waals surface area contributed by atoms with Crippen molar-refractivity contribution in [2.24, 2.45) is 0 Å². The molecule has 1 N–H and O–H groups in total. The maximum atomic E-state index is 13.6. The first-order valence-electron chi connectivity index (χ1n) is 6.96. The van der Waals surface area contributed by atoms with Crippen molar-refractivity contribution in [1.29, 1.82) is 0 Å². The van der Waals surface area contributed by atoms with Gasteiger partial charge in [-0.05, 0) is 48.2 Å². The van der Waals surface area contributed by atoms with Gasteiger partial charge in [-0.2, -0.15) is 0 Å². The Morgan fingerprint density at radius 2 is 1.85 bits per heavy atom. The summed E-state index contributed by atoms with van der Waals surface area (Å²) in [6.45, 7) is 1.93. The highest BCUT2D eigenvalue weighted by atomic mass is 79.9. The predicted octanol–water partition coefficient (Wildman–Crippen LogP) is 4.45. The molecule has 1 aliphatic heterocycles. The van der Waals surface area contributed by atoms with E-state index < -0.39 is 0 Å². The molecule has 2 aromatic rings. The van der Waals surface area contributed by atoms with Crippen LogP contribution in [0, 0.1) is 5.82 Å². The molecule has 0 saturated carbocycles. The van der Waals surface area contributed by atoms with Crippen LogP contribution in [0.4, 0.5) is 4.39 Å². The number of nitrogens with one attached hydrogen (secondary N) is 1. The van der Waals surface area contributed by atoms with Crippen molar-refractivity contribution < 1.29 is 4.39 Å². The highest BCUT2D eigenvalue weighted by molar-refractivity contribution is 9.10. The summed E-state index contributed by atoms with van der Waals surface area (Å²) in [7, 11) is 0. The van der Waals surface area contributed by atoms with Crippen LogP contribution in [0.5, 0.6) is 0 Å². The van der Waals surface area contributed by atoms with Crippen LogP contribution in [0.2, 0.25) is 0 Å². The number of rotatable bonds is 2. The van der Waals surface area contributed by atoms with E-state index in [0.717, 1.165) is 29.5 Å². The van der Waals surface area contributed by atoms with Crippen LogP contribution in [0.15, 0.2) is 53.0 Å². The van der Waals surface area contributed by atoms with Gasteiger partial charge in [-0.25, -0.2) is 4.39 Å². The predicted molar refractivity (Wildman–Crippen MR) is 83.5 cm³/mol. The van der Waals surface area contributed by atoms with Gasteiger partial charge in [-0.1, -0.05) is 46.3 Å². The molecule has 2 atom stereocenters. The summed E-state index contributed by atoms with van der Waals surface area (Å²) in [6, 6.07) is 15.5. The zero-order chi connectivity index (χ0) is 13.9. The third-order valence-corrected chi connectivity index (χ3v) is 4.79. The van der Waals surface area contributed by atoms with Gasteiger partial charge in [-0.15, -0.1) is 0 Å². The van der Waals surface area contributed by atoms with E-state index in [1.165, 1.54) is 11.6 Å². The minimum atomic E-state index is -0.159. The van der Waals surface area contributed by atoms with E-state index in [0.29, 0.717) is 11.8 Å². The van der Waals surface area contributed by atoms with Gasteiger partial charge in [0.15, 0.2) is 0 Å². The Morgan fingerprint density at radius 1 is 1.05 bits per heavy atom. The third-order valence-electron chi connectivity index (χ3n) is 4.07. The molecule has 1 aliphatic rings. The molecule has 20 heavy (non-hydrogen) atoms. The molecule has 2 aromatic carbocycles. The van der Waals surface area contributed by atoms with Crippen LogP contribution in [-0.2, 0) is 0 Å². The van der Waals surface area contributed by atoms with Crippen molar-refractivity contribution in [1.82, 2.24) is 5.32 Å². The molecule has 1 saturated heterocycles. The maximum Gasteiger partial charge on any atom is 0.123 e. The van der Waals surface area contributed by atoms with Gasteiger partial charge in [0, 0.05) is 16.9 Å². The number of benzene rings is 2. The van der Waals surface area contributed by atoms with Crippen molar-refractivity contribution in [3.8, 4) is 0 Å². The molecule has 1 fully saturated rings. The quantitative estimate of drug-likeness (QED) is 0.856. The molecule has 0 amide bonds. The highest BCUT2D eigenvalue weighted by Crippen LogP contribution is 2.40.